The van der Waals surface area contributed by atoms with Gasteiger partial charge in [-0.3, -0.25) is 9.97 Å². The molecule has 0 atom stereocenters. The molecule has 0 amide bonds. The molecule has 4 rings (SSSR count). The molecule has 0 aliphatic carbocycles. The molecule has 2 aromatic carbocycles. The SMILES string of the molecule is c1ccc(Cc2nc(-c3ccccc3)cc3cccnc23)cc1. The van der Waals surface area contributed by atoms with Gasteiger partial charge in [0.15, 0.2) is 0 Å². The summed E-state index contributed by atoms with van der Waals surface area (Å²) in [4.78, 5) is 9.45. The van der Waals surface area contributed by atoms with Crippen molar-refractivity contribution < 1.29 is 0 Å². The highest BCUT2D eigenvalue weighted by atomic mass is 14.8. The average Bonchev–Trinajstić information content (AvgIpc) is 2.63. The lowest BCUT2D eigenvalue weighted by Crippen LogP contribution is -1.98. The zero-order valence-electron chi connectivity index (χ0n) is 12.7. The van der Waals surface area contributed by atoms with Crippen molar-refractivity contribution in [2.75, 3.05) is 0 Å². The van der Waals surface area contributed by atoms with Crippen molar-refractivity contribution in [3.63, 3.8) is 0 Å². The largest absolute Gasteiger partial charge is 0.254 e. The Bertz CT molecular complexity index is 931. The third-order valence-corrected chi connectivity index (χ3v) is 3.94. The van der Waals surface area contributed by atoms with Crippen LogP contribution in [0.15, 0.2) is 85.1 Å². The molecule has 0 spiro atoms. The zero-order chi connectivity index (χ0) is 15.5. The summed E-state index contributed by atoms with van der Waals surface area (Å²) in [5.74, 6) is 0. The minimum Gasteiger partial charge on any atom is -0.254 e. The molecule has 110 valence electrons. The standard InChI is InChI=1S/C21H16N2/c1-3-8-16(9-4-1)14-20-21-18(12-7-13-22-21)15-19(23-20)17-10-5-2-6-11-17/h1-13,15H,14H2. The Balaban J connectivity index is 1.87. The number of pyridine rings is 2. The van der Waals surface area contributed by atoms with Crippen molar-refractivity contribution in [3.8, 4) is 11.3 Å². The van der Waals surface area contributed by atoms with E-state index in [0.717, 1.165) is 34.3 Å². The summed E-state index contributed by atoms with van der Waals surface area (Å²) >= 11 is 0. The Kier molecular flexibility index (Phi) is 3.57. The highest BCUT2D eigenvalue weighted by Crippen LogP contribution is 2.25. The van der Waals surface area contributed by atoms with Gasteiger partial charge in [-0.15, -0.1) is 0 Å². The molecule has 0 bridgehead atoms. The summed E-state index contributed by atoms with van der Waals surface area (Å²) in [6.45, 7) is 0. The molecule has 0 aliphatic heterocycles. The van der Waals surface area contributed by atoms with Crippen LogP contribution in [0.5, 0.6) is 0 Å². The van der Waals surface area contributed by atoms with E-state index in [4.69, 9.17) is 4.98 Å². The van der Waals surface area contributed by atoms with Crippen LogP contribution in [0, 0.1) is 0 Å². The van der Waals surface area contributed by atoms with E-state index >= 15 is 0 Å². The lowest BCUT2D eigenvalue weighted by molar-refractivity contribution is 1.09. The van der Waals surface area contributed by atoms with Gasteiger partial charge in [0.05, 0.1) is 16.9 Å². The minimum absolute atomic E-state index is 0.787. The van der Waals surface area contributed by atoms with E-state index in [0.29, 0.717) is 0 Å². The predicted molar refractivity (Wildman–Crippen MR) is 94.2 cm³/mol. The Morgan fingerprint density at radius 2 is 1.48 bits per heavy atom. The summed E-state index contributed by atoms with van der Waals surface area (Å²) in [5.41, 5.74) is 5.38. The minimum atomic E-state index is 0.787. The van der Waals surface area contributed by atoms with Crippen LogP contribution in [-0.2, 0) is 6.42 Å². The van der Waals surface area contributed by atoms with Gasteiger partial charge in [0.25, 0.3) is 0 Å². The van der Waals surface area contributed by atoms with Gasteiger partial charge in [-0.05, 0) is 17.7 Å². The lowest BCUT2D eigenvalue weighted by atomic mass is 10.0. The third kappa shape index (κ3) is 2.84. The van der Waals surface area contributed by atoms with Gasteiger partial charge in [-0.25, -0.2) is 0 Å². The quantitative estimate of drug-likeness (QED) is 0.538. The number of hydrogen-bond donors (Lipinski definition) is 0. The third-order valence-electron chi connectivity index (χ3n) is 3.94. The van der Waals surface area contributed by atoms with E-state index in [2.05, 4.69) is 53.5 Å². The van der Waals surface area contributed by atoms with Crippen molar-refractivity contribution >= 4 is 10.9 Å². The first-order valence-corrected chi connectivity index (χ1v) is 7.74. The number of nitrogens with zero attached hydrogens (tertiary/aromatic N) is 2. The van der Waals surface area contributed by atoms with Crippen LogP contribution in [0.3, 0.4) is 0 Å². The normalized spacial score (nSPS) is 10.8. The van der Waals surface area contributed by atoms with Gasteiger partial charge in [0.1, 0.15) is 0 Å². The topological polar surface area (TPSA) is 25.8 Å². The second-order valence-electron chi connectivity index (χ2n) is 5.56. The van der Waals surface area contributed by atoms with Crippen molar-refractivity contribution in [2.45, 2.75) is 6.42 Å². The predicted octanol–water partition coefficient (Wildman–Crippen LogP) is 4.89. The molecule has 0 fully saturated rings. The Morgan fingerprint density at radius 1 is 0.739 bits per heavy atom. The van der Waals surface area contributed by atoms with Crippen molar-refractivity contribution in [2.24, 2.45) is 0 Å². The van der Waals surface area contributed by atoms with Crippen LogP contribution in [0.1, 0.15) is 11.3 Å². The van der Waals surface area contributed by atoms with Crippen LogP contribution in [-0.4, -0.2) is 9.97 Å². The molecule has 2 aromatic heterocycles. The highest BCUT2D eigenvalue weighted by Gasteiger charge is 2.09. The van der Waals surface area contributed by atoms with Gasteiger partial charge >= 0.3 is 0 Å². The Morgan fingerprint density at radius 3 is 2.26 bits per heavy atom. The van der Waals surface area contributed by atoms with Crippen LogP contribution < -0.4 is 0 Å². The molecule has 0 saturated carbocycles. The summed E-state index contributed by atoms with van der Waals surface area (Å²) in [6, 6.07) is 26.9. The number of hydrogen-bond acceptors (Lipinski definition) is 2. The molecule has 0 unspecified atom stereocenters. The molecular weight excluding hydrogens is 280 g/mol. The van der Waals surface area contributed by atoms with Gasteiger partial charge < -0.3 is 0 Å². The van der Waals surface area contributed by atoms with Gasteiger partial charge in [0, 0.05) is 23.6 Å². The summed E-state index contributed by atoms with van der Waals surface area (Å²) in [7, 11) is 0. The monoisotopic (exact) mass is 296 g/mol. The Hall–Kier alpha value is -3.00. The average molecular weight is 296 g/mol. The summed E-state index contributed by atoms with van der Waals surface area (Å²) in [5, 5.41) is 1.13. The molecule has 23 heavy (non-hydrogen) atoms. The second-order valence-corrected chi connectivity index (χ2v) is 5.56. The maximum absolute atomic E-state index is 4.90. The Labute approximate surface area is 135 Å². The van der Waals surface area contributed by atoms with Crippen molar-refractivity contribution in [3.05, 3.63) is 96.3 Å². The van der Waals surface area contributed by atoms with Crippen LogP contribution >= 0.6 is 0 Å². The van der Waals surface area contributed by atoms with Gasteiger partial charge in [-0.1, -0.05) is 66.7 Å². The van der Waals surface area contributed by atoms with E-state index < -0.39 is 0 Å². The van der Waals surface area contributed by atoms with Crippen LogP contribution in [0.2, 0.25) is 0 Å². The van der Waals surface area contributed by atoms with E-state index in [-0.39, 0.29) is 0 Å². The molecule has 0 radical (unpaired) electrons. The van der Waals surface area contributed by atoms with Gasteiger partial charge in [0.2, 0.25) is 0 Å². The fourth-order valence-corrected chi connectivity index (χ4v) is 2.82. The molecule has 2 nitrogen and oxygen atoms in total. The number of benzene rings is 2. The smallest absolute Gasteiger partial charge is 0.0921 e. The second kappa shape index (κ2) is 6.01. The first-order chi connectivity index (χ1) is 11.4. The molecule has 0 N–H and O–H groups in total. The maximum Gasteiger partial charge on any atom is 0.0921 e. The lowest BCUT2D eigenvalue weighted by Gasteiger charge is -2.09. The van der Waals surface area contributed by atoms with E-state index in [9.17, 15) is 0 Å². The van der Waals surface area contributed by atoms with E-state index in [1.165, 1.54) is 5.56 Å². The summed E-state index contributed by atoms with van der Waals surface area (Å²) in [6.07, 6.45) is 2.62. The van der Waals surface area contributed by atoms with Crippen LogP contribution in [0.25, 0.3) is 22.2 Å². The molecule has 0 saturated heterocycles. The van der Waals surface area contributed by atoms with Crippen molar-refractivity contribution in [1.29, 1.82) is 0 Å². The van der Waals surface area contributed by atoms with E-state index in [1.807, 2.05) is 36.5 Å². The number of fused-ring (bicyclic) bond motifs is 1. The fraction of sp³-hybridized carbons (Fsp3) is 0.0476. The highest BCUT2D eigenvalue weighted by molar-refractivity contribution is 5.84. The molecule has 2 heterocycles. The maximum atomic E-state index is 4.90. The molecule has 2 heteroatoms. The molecular formula is C21H16N2. The molecule has 4 aromatic rings. The zero-order valence-corrected chi connectivity index (χ0v) is 12.7. The number of rotatable bonds is 3. The van der Waals surface area contributed by atoms with E-state index in [1.54, 1.807) is 0 Å². The fourth-order valence-electron chi connectivity index (χ4n) is 2.82. The number of aromatic nitrogens is 2. The first-order valence-electron chi connectivity index (χ1n) is 7.74. The van der Waals surface area contributed by atoms with Crippen molar-refractivity contribution in [1.82, 2.24) is 9.97 Å². The van der Waals surface area contributed by atoms with Crippen LogP contribution in [0.4, 0.5) is 0 Å². The van der Waals surface area contributed by atoms with Gasteiger partial charge in [-0.2, -0.15) is 0 Å². The first kappa shape index (κ1) is 13.6. The molecule has 0 aliphatic rings. The summed E-state index contributed by atoms with van der Waals surface area (Å²) < 4.78 is 0.